The van der Waals surface area contributed by atoms with E-state index in [1.165, 1.54) is 31.0 Å². The van der Waals surface area contributed by atoms with Crippen LogP contribution in [0.5, 0.6) is 0 Å². The number of amides is 1. The van der Waals surface area contributed by atoms with Gasteiger partial charge in [0, 0.05) is 18.7 Å². The number of fused-ring (bicyclic) bond motifs is 2. The van der Waals surface area contributed by atoms with Crippen molar-refractivity contribution >= 4 is 17.4 Å². The van der Waals surface area contributed by atoms with Crippen LogP contribution in [-0.4, -0.2) is 26.4 Å². The fourth-order valence-corrected chi connectivity index (χ4v) is 4.94. The monoisotopic (exact) mass is 382 g/mol. The first-order valence-corrected chi connectivity index (χ1v) is 10.1. The molecule has 1 aromatic carbocycles. The van der Waals surface area contributed by atoms with Gasteiger partial charge in [-0.05, 0) is 65.1 Å². The zero-order valence-corrected chi connectivity index (χ0v) is 16.4. The molecule has 148 valence electrons. The minimum atomic E-state index is -0.521. The number of nitro groups is 1. The lowest BCUT2D eigenvalue weighted by atomic mass is 9.93. The van der Waals surface area contributed by atoms with E-state index >= 15 is 0 Å². The first kappa shape index (κ1) is 18.7. The second-order valence-corrected chi connectivity index (χ2v) is 8.06. The number of imidazole rings is 1. The molecule has 2 bridgehead atoms. The molecule has 1 aromatic heterocycles. The molecular weight excluding hydrogens is 356 g/mol. The molecule has 0 N–H and O–H groups in total. The Morgan fingerprint density at radius 2 is 2.18 bits per heavy atom. The minimum Gasteiger partial charge on any atom is -0.358 e. The number of hydrogen-bond donors (Lipinski definition) is 0. The summed E-state index contributed by atoms with van der Waals surface area (Å²) in [5.74, 6) is 1.51. The van der Waals surface area contributed by atoms with Crippen molar-refractivity contribution in [2.75, 3.05) is 4.90 Å². The van der Waals surface area contributed by atoms with E-state index in [1.807, 2.05) is 17.0 Å². The summed E-state index contributed by atoms with van der Waals surface area (Å²) in [5, 5.41) is 11.0. The first-order chi connectivity index (χ1) is 13.5. The lowest BCUT2D eigenvalue weighted by Gasteiger charge is -2.35. The van der Waals surface area contributed by atoms with Crippen molar-refractivity contribution in [1.29, 1.82) is 0 Å². The number of benzene rings is 1. The van der Waals surface area contributed by atoms with Gasteiger partial charge in [-0.15, -0.1) is 0 Å². The smallest absolute Gasteiger partial charge is 0.358 e. The van der Waals surface area contributed by atoms with Crippen LogP contribution < -0.4 is 4.90 Å². The summed E-state index contributed by atoms with van der Waals surface area (Å²) < 4.78 is 1.59. The zero-order chi connectivity index (χ0) is 19.8. The summed E-state index contributed by atoms with van der Waals surface area (Å²) in [6, 6.07) is 8.42. The predicted molar refractivity (Wildman–Crippen MR) is 106 cm³/mol. The van der Waals surface area contributed by atoms with Gasteiger partial charge in [-0.25, -0.2) is 0 Å². The summed E-state index contributed by atoms with van der Waals surface area (Å²) in [7, 11) is 0. The second kappa shape index (κ2) is 7.37. The Hall–Kier alpha value is -2.70. The Labute approximate surface area is 164 Å². The van der Waals surface area contributed by atoms with Crippen LogP contribution >= 0.6 is 0 Å². The maximum atomic E-state index is 13.4. The Morgan fingerprint density at radius 3 is 2.79 bits per heavy atom. The molecule has 1 heterocycles. The molecule has 0 radical (unpaired) electrons. The molecule has 2 aliphatic carbocycles. The highest BCUT2D eigenvalue weighted by atomic mass is 16.6. The maximum absolute atomic E-state index is 13.4. The highest BCUT2D eigenvalue weighted by Gasteiger charge is 2.44. The standard InChI is InChI=1S/C21H26N4O3/c1-3-15-5-4-6-18(10-15)24(19-11-16-7-8-17(19)9-16)21(26)13-23-12-20(25(27)28)22-14(23)2/h4-6,10,12,16-17,19H,3,7-9,11,13H2,1-2H3/t16-,17-,19+/m0/s1. The Morgan fingerprint density at radius 1 is 1.36 bits per heavy atom. The van der Waals surface area contributed by atoms with Gasteiger partial charge in [0.1, 0.15) is 12.7 Å². The average molecular weight is 382 g/mol. The highest BCUT2D eigenvalue weighted by Crippen LogP contribution is 2.47. The van der Waals surface area contributed by atoms with Gasteiger partial charge < -0.3 is 15.0 Å². The third kappa shape index (κ3) is 3.41. The number of rotatable bonds is 6. The van der Waals surface area contributed by atoms with E-state index in [0.717, 1.165) is 24.4 Å². The molecule has 0 aliphatic heterocycles. The molecule has 1 amide bonds. The van der Waals surface area contributed by atoms with E-state index in [-0.39, 0.29) is 24.3 Å². The van der Waals surface area contributed by atoms with Crippen LogP contribution in [0.15, 0.2) is 30.5 Å². The SMILES string of the molecule is CCc1cccc(N(C(=O)Cn2cc([N+](=O)[O-])nc2C)[C@@H]2C[C@H]3CC[C@H]2C3)c1. The molecule has 3 atom stereocenters. The molecule has 7 nitrogen and oxygen atoms in total. The van der Waals surface area contributed by atoms with E-state index in [4.69, 9.17) is 0 Å². The van der Waals surface area contributed by atoms with Gasteiger partial charge >= 0.3 is 5.82 Å². The molecule has 2 aromatic rings. The van der Waals surface area contributed by atoms with Crippen LogP contribution in [-0.2, 0) is 17.8 Å². The van der Waals surface area contributed by atoms with Crippen LogP contribution in [0.1, 0.15) is 44.0 Å². The Bertz CT molecular complexity index is 907. The zero-order valence-electron chi connectivity index (χ0n) is 16.4. The van der Waals surface area contributed by atoms with Crippen LogP contribution in [0.3, 0.4) is 0 Å². The van der Waals surface area contributed by atoms with E-state index in [9.17, 15) is 14.9 Å². The maximum Gasteiger partial charge on any atom is 0.381 e. The molecular formula is C21H26N4O3. The number of anilines is 1. The van der Waals surface area contributed by atoms with Gasteiger partial charge in [0.15, 0.2) is 0 Å². The third-order valence-corrected chi connectivity index (χ3v) is 6.35. The summed E-state index contributed by atoms with van der Waals surface area (Å²) in [6.45, 7) is 3.87. The molecule has 2 fully saturated rings. The molecule has 0 spiro atoms. The minimum absolute atomic E-state index is 0.0267. The van der Waals surface area contributed by atoms with Crippen molar-refractivity contribution in [3.05, 3.63) is 52.0 Å². The summed E-state index contributed by atoms with van der Waals surface area (Å²) in [6.07, 6.45) is 6.98. The van der Waals surface area contributed by atoms with Crippen molar-refractivity contribution in [2.45, 2.75) is 58.5 Å². The van der Waals surface area contributed by atoms with E-state index in [1.54, 1.807) is 11.5 Å². The highest BCUT2D eigenvalue weighted by molar-refractivity contribution is 5.94. The number of hydrogen-bond acceptors (Lipinski definition) is 4. The number of carbonyl (C=O) groups is 1. The van der Waals surface area contributed by atoms with Crippen LogP contribution in [0, 0.1) is 28.9 Å². The molecule has 0 unspecified atom stereocenters. The Kier molecular flexibility index (Phi) is 4.91. The normalized spacial score (nSPS) is 23.1. The average Bonchev–Trinajstić information content (AvgIpc) is 3.39. The molecule has 2 saturated carbocycles. The van der Waals surface area contributed by atoms with Gasteiger partial charge in [0.2, 0.25) is 11.7 Å². The molecule has 0 saturated heterocycles. The topological polar surface area (TPSA) is 81.3 Å². The Balaban J connectivity index is 1.64. The van der Waals surface area contributed by atoms with Crippen LogP contribution in [0.25, 0.3) is 0 Å². The lowest BCUT2D eigenvalue weighted by Crippen LogP contribution is -2.45. The van der Waals surface area contributed by atoms with Crippen molar-refractivity contribution < 1.29 is 9.72 Å². The fourth-order valence-electron chi connectivity index (χ4n) is 4.94. The number of nitrogens with zero attached hydrogens (tertiary/aromatic N) is 4. The summed E-state index contributed by atoms with van der Waals surface area (Å²) >= 11 is 0. The van der Waals surface area contributed by atoms with E-state index in [2.05, 4.69) is 24.0 Å². The van der Waals surface area contributed by atoms with Crippen molar-refractivity contribution in [3.8, 4) is 0 Å². The molecule has 2 aliphatic rings. The van der Waals surface area contributed by atoms with Gasteiger partial charge in [-0.2, -0.15) is 0 Å². The molecule has 28 heavy (non-hydrogen) atoms. The van der Waals surface area contributed by atoms with E-state index < -0.39 is 4.92 Å². The largest absolute Gasteiger partial charge is 0.381 e. The number of carbonyl (C=O) groups excluding carboxylic acids is 1. The quantitative estimate of drug-likeness (QED) is 0.561. The van der Waals surface area contributed by atoms with Gasteiger partial charge in [-0.1, -0.05) is 25.5 Å². The third-order valence-electron chi connectivity index (χ3n) is 6.35. The first-order valence-electron chi connectivity index (χ1n) is 10.1. The second-order valence-electron chi connectivity index (χ2n) is 8.06. The van der Waals surface area contributed by atoms with Gasteiger partial charge in [-0.3, -0.25) is 9.36 Å². The van der Waals surface area contributed by atoms with Gasteiger partial charge in [0.05, 0.1) is 0 Å². The summed E-state index contributed by atoms with van der Waals surface area (Å²) in [5.41, 5.74) is 2.14. The van der Waals surface area contributed by atoms with Gasteiger partial charge in [0.25, 0.3) is 0 Å². The predicted octanol–water partition coefficient (Wildman–Crippen LogP) is 3.88. The fraction of sp³-hybridized carbons (Fsp3) is 0.524. The van der Waals surface area contributed by atoms with Crippen molar-refractivity contribution in [2.24, 2.45) is 11.8 Å². The molecule has 7 heteroatoms. The molecule has 4 rings (SSSR count). The van der Waals surface area contributed by atoms with Crippen molar-refractivity contribution in [3.63, 3.8) is 0 Å². The lowest BCUT2D eigenvalue weighted by molar-refractivity contribution is -0.389. The summed E-state index contributed by atoms with van der Waals surface area (Å²) in [4.78, 5) is 29.8. The number of aromatic nitrogens is 2. The van der Waals surface area contributed by atoms with Crippen LogP contribution in [0.2, 0.25) is 0 Å². The van der Waals surface area contributed by atoms with Crippen LogP contribution in [0.4, 0.5) is 11.5 Å². The van der Waals surface area contributed by atoms with E-state index in [0.29, 0.717) is 11.7 Å². The van der Waals surface area contributed by atoms with Crippen molar-refractivity contribution in [1.82, 2.24) is 9.55 Å². The number of aryl methyl sites for hydroxylation is 2.